The van der Waals surface area contributed by atoms with Crippen LogP contribution in [0.1, 0.15) is 5.56 Å². The molecule has 11 heteroatoms. The quantitative estimate of drug-likeness (QED) is 0.676. The Labute approximate surface area is 160 Å². The lowest BCUT2D eigenvalue weighted by Crippen LogP contribution is -2.50. The molecule has 0 amide bonds. The van der Waals surface area contributed by atoms with Crippen molar-refractivity contribution in [2.45, 2.75) is 18.6 Å². The van der Waals surface area contributed by atoms with E-state index in [0.29, 0.717) is 31.3 Å². The van der Waals surface area contributed by atoms with Crippen LogP contribution in [-0.2, 0) is 6.18 Å². The zero-order valence-corrected chi connectivity index (χ0v) is 14.6. The number of hydrogen-bond acceptors (Lipinski definition) is 3. The first kappa shape index (κ1) is 22.1. The van der Waals surface area contributed by atoms with Gasteiger partial charge in [0.1, 0.15) is 11.9 Å². The lowest BCUT2D eigenvalue weighted by Gasteiger charge is -2.28. The summed E-state index contributed by atoms with van der Waals surface area (Å²) in [4.78, 5) is 0. The number of benzene rings is 2. The van der Waals surface area contributed by atoms with Gasteiger partial charge in [-0.25, -0.2) is 4.39 Å². The van der Waals surface area contributed by atoms with Gasteiger partial charge in [0.25, 0.3) is 0 Å². The van der Waals surface area contributed by atoms with E-state index >= 15 is 0 Å². The summed E-state index contributed by atoms with van der Waals surface area (Å²) in [6.45, 7) is 0.852. The topological polar surface area (TPSA) is 30.5 Å². The van der Waals surface area contributed by atoms with Crippen LogP contribution in [0.25, 0.3) is 11.1 Å². The van der Waals surface area contributed by atoms with Crippen molar-refractivity contribution in [3.63, 3.8) is 0 Å². The van der Waals surface area contributed by atoms with Crippen molar-refractivity contribution >= 4 is 12.4 Å². The minimum Gasteiger partial charge on any atom is -0.484 e. The van der Waals surface area contributed by atoms with Crippen LogP contribution in [-0.4, -0.2) is 25.6 Å². The fourth-order valence-corrected chi connectivity index (χ4v) is 2.43. The Hall–Kier alpha value is -2.20. The summed E-state index contributed by atoms with van der Waals surface area (Å²) in [5.41, 5.74) is -1.84. The van der Waals surface area contributed by atoms with E-state index in [1.807, 2.05) is 0 Å². The van der Waals surface area contributed by atoms with Crippen molar-refractivity contribution in [3.05, 3.63) is 47.8 Å². The Bertz CT molecular complexity index is 835. The lowest BCUT2D eigenvalue weighted by atomic mass is 10.0. The summed E-state index contributed by atoms with van der Waals surface area (Å²) in [6, 6.07) is 4.75. The summed E-state index contributed by atoms with van der Waals surface area (Å²) in [5.74, 6) is -2.02. The Morgan fingerprint density at radius 1 is 0.893 bits per heavy atom. The molecule has 1 fully saturated rings. The molecule has 28 heavy (non-hydrogen) atoms. The van der Waals surface area contributed by atoms with Gasteiger partial charge in [-0.1, -0.05) is 6.07 Å². The highest BCUT2D eigenvalue weighted by molar-refractivity contribution is 5.85. The molecule has 1 N–H and O–H groups in total. The van der Waals surface area contributed by atoms with Gasteiger partial charge >= 0.3 is 12.5 Å². The lowest BCUT2D eigenvalue weighted by molar-refractivity contribution is -0.275. The minimum absolute atomic E-state index is 0. The van der Waals surface area contributed by atoms with Crippen LogP contribution < -0.4 is 14.8 Å². The van der Waals surface area contributed by atoms with Crippen LogP contribution in [0.15, 0.2) is 36.4 Å². The molecular weight excluding hydrogens is 419 g/mol. The predicted molar refractivity (Wildman–Crippen MR) is 88.1 cm³/mol. The molecule has 1 heterocycles. The smallest absolute Gasteiger partial charge is 0.484 e. The Balaban J connectivity index is 0.00000280. The molecule has 154 valence electrons. The second-order valence-corrected chi connectivity index (χ2v) is 5.80. The van der Waals surface area contributed by atoms with Crippen LogP contribution in [0.3, 0.4) is 0 Å². The van der Waals surface area contributed by atoms with Gasteiger partial charge in [0.2, 0.25) is 0 Å². The van der Waals surface area contributed by atoms with Crippen molar-refractivity contribution in [2.24, 2.45) is 0 Å². The van der Waals surface area contributed by atoms with E-state index in [1.54, 1.807) is 0 Å². The molecule has 0 unspecified atom stereocenters. The average molecular weight is 432 g/mol. The van der Waals surface area contributed by atoms with Gasteiger partial charge in [-0.2, -0.15) is 13.2 Å². The van der Waals surface area contributed by atoms with Gasteiger partial charge in [-0.05, 0) is 35.9 Å². The summed E-state index contributed by atoms with van der Waals surface area (Å²) in [7, 11) is 0. The first-order valence-electron chi connectivity index (χ1n) is 7.67. The van der Waals surface area contributed by atoms with Crippen LogP contribution in [0.5, 0.6) is 11.5 Å². The maximum absolute atomic E-state index is 14.0. The van der Waals surface area contributed by atoms with E-state index in [0.717, 1.165) is 12.1 Å². The van der Waals surface area contributed by atoms with Crippen LogP contribution in [0.2, 0.25) is 0 Å². The number of nitrogens with one attached hydrogen (secondary N) is 1. The highest BCUT2D eigenvalue weighted by Crippen LogP contribution is 2.39. The molecule has 0 atom stereocenters. The van der Waals surface area contributed by atoms with E-state index in [-0.39, 0.29) is 29.8 Å². The summed E-state index contributed by atoms with van der Waals surface area (Å²) < 4.78 is 99.9. The zero-order chi connectivity index (χ0) is 19.8. The molecule has 3 nitrogen and oxygen atoms in total. The van der Waals surface area contributed by atoms with Crippen molar-refractivity contribution in [2.75, 3.05) is 13.1 Å². The number of halogens is 8. The second-order valence-electron chi connectivity index (χ2n) is 5.80. The van der Waals surface area contributed by atoms with Crippen molar-refractivity contribution in [3.8, 4) is 22.6 Å². The molecule has 0 aliphatic carbocycles. The monoisotopic (exact) mass is 431 g/mol. The summed E-state index contributed by atoms with van der Waals surface area (Å²) in [5, 5.41) is 2.87. The SMILES string of the molecule is Cl.Fc1ccc(C(F)(F)F)cc1-c1ccc(OC2CNC2)c(OC(F)(F)F)c1. The first-order chi connectivity index (χ1) is 12.5. The van der Waals surface area contributed by atoms with Crippen LogP contribution >= 0.6 is 12.4 Å². The third kappa shape index (κ3) is 5.20. The Morgan fingerprint density at radius 2 is 1.57 bits per heavy atom. The third-order valence-electron chi connectivity index (χ3n) is 3.81. The van der Waals surface area contributed by atoms with Crippen molar-refractivity contribution in [1.29, 1.82) is 0 Å². The average Bonchev–Trinajstić information content (AvgIpc) is 2.49. The molecule has 0 radical (unpaired) electrons. The standard InChI is InChI=1S/C17H12F7NO2.ClH/c18-13-3-2-10(16(19,20)21)6-12(13)9-1-4-14(26-11-7-25-8-11)15(5-9)27-17(22,23)24;/h1-6,11,25H,7-8H2;1H. The van der Waals surface area contributed by atoms with E-state index in [1.165, 1.54) is 6.07 Å². The van der Waals surface area contributed by atoms with Crippen molar-refractivity contribution < 1.29 is 40.2 Å². The highest BCUT2D eigenvalue weighted by Gasteiger charge is 2.34. The van der Waals surface area contributed by atoms with Gasteiger partial charge in [0, 0.05) is 18.7 Å². The molecule has 0 spiro atoms. The summed E-state index contributed by atoms with van der Waals surface area (Å²) >= 11 is 0. The van der Waals surface area contributed by atoms with Gasteiger partial charge in [0.05, 0.1) is 5.56 Å². The fraction of sp³-hybridized carbons (Fsp3) is 0.294. The maximum atomic E-state index is 14.0. The molecule has 0 aromatic heterocycles. The normalized spacial score (nSPS) is 14.8. The highest BCUT2D eigenvalue weighted by atomic mass is 35.5. The molecule has 1 aliphatic heterocycles. The minimum atomic E-state index is -5.05. The summed E-state index contributed by atoms with van der Waals surface area (Å²) in [6.07, 6.45) is -10.1. The van der Waals surface area contributed by atoms with E-state index < -0.39 is 35.2 Å². The van der Waals surface area contributed by atoms with E-state index in [4.69, 9.17) is 4.74 Å². The van der Waals surface area contributed by atoms with E-state index in [2.05, 4.69) is 10.1 Å². The fourth-order valence-electron chi connectivity index (χ4n) is 2.43. The second kappa shape index (κ2) is 8.04. The molecule has 0 saturated carbocycles. The number of rotatable bonds is 4. The maximum Gasteiger partial charge on any atom is 0.573 e. The Kier molecular flexibility index (Phi) is 6.34. The zero-order valence-electron chi connectivity index (χ0n) is 13.8. The van der Waals surface area contributed by atoms with Crippen LogP contribution in [0.4, 0.5) is 30.7 Å². The van der Waals surface area contributed by atoms with E-state index in [9.17, 15) is 30.7 Å². The number of ether oxygens (including phenoxy) is 2. The molecular formula is C17H13ClF7NO2. The molecule has 0 bridgehead atoms. The molecule has 2 aromatic rings. The Morgan fingerprint density at radius 3 is 2.11 bits per heavy atom. The third-order valence-corrected chi connectivity index (χ3v) is 3.81. The molecule has 1 aliphatic rings. The number of alkyl halides is 6. The number of hydrogen-bond donors (Lipinski definition) is 1. The van der Waals surface area contributed by atoms with Gasteiger partial charge in [-0.15, -0.1) is 25.6 Å². The molecule has 3 rings (SSSR count). The van der Waals surface area contributed by atoms with Gasteiger partial charge in [-0.3, -0.25) is 0 Å². The van der Waals surface area contributed by atoms with Crippen LogP contribution in [0, 0.1) is 5.82 Å². The molecule has 2 aromatic carbocycles. The molecule has 1 saturated heterocycles. The van der Waals surface area contributed by atoms with Gasteiger partial charge < -0.3 is 14.8 Å². The van der Waals surface area contributed by atoms with Crippen molar-refractivity contribution in [1.82, 2.24) is 5.32 Å². The predicted octanol–water partition coefficient (Wildman–Crippen LogP) is 5.18. The largest absolute Gasteiger partial charge is 0.573 e. The first-order valence-corrected chi connectivity index (χ1v) is 7.67. The van der Waals surface area contributed by atoms with Gasteiger partial charge in [0.15, 0.2) is 11.5 Å².